The zero-order valence-electron chi connectivity index (χ0n) is 10.4. The normalized spacial score (nSPS) is 24.5. The number of halogens is 1. The van der Waals surface area contributed by atoms with Crippen molar-refractivity contribution in [1.82, 2.24) is 15.1 Å². The lowest BCUT2D eigenvalue weighted by molar-refractivity contribution is 0.205. The summed E-state index contributed by atoms with van der Waals surface area (Å²) in [5.74, 6) is 0.394. The van der Waals surface area contributed by atoms with Gasteiger partial charge in [-0.3, -0.25) is 4.68 Å². The molecule has 1 aliphatic rings. The number of nitrogens with zero attached hydrogens (tertiary/aromatic N) is 2. The van der Waals surface area contributed by atoms with Crippen molar-refractivity contribution in [2.24, 2.45) is 13.0 Å². The molecule has 1 aromatic rings. The minimum absolute atomic E-state index is 0.275. The number of hydrogen-bond acceptors (Lipinski definition) is 3. The van der Waals surface area contributed by atoms with Gasteiger partial charge >= 0.3 is 0 Å². The van der Waals surface area contributed by atoms with Crippen molar-refractivity contribution in [2.75, 3.05) is 6.61 Å². The van der Waals surface area contributed by atoms with Crippen molar-refractivity contribution in [3.8, 4) is 0 Å². The highest BCUT2D eigenvalue weighted by atomic mass is 35.5. The van der Waals surface area contributed by atoms with Gasteiger partial charge < -0.3 is 10.4 Å². The fraction of sp³-hybridized carbons (Fsp3) is 0.750. The zero-order valence-corrected chi connectivity index (χ0v) is 11.2. The summed E-state index contributed by atoms with van der Waals surface area (Å²) in [7, 11) is 1.85. The Morgan fingerprint density at radius 3 is 2.88 bits per heavy atom. The summed E-state index contributed by atoms with van der Waals surface area (Å²) < 4.78 is 1.70. The first-order valence-electron chi connectivity index (χ1n) is 6.15. The van der Waals surface area contributed by atoms with Gasteiger partial charge in [-0.15, -0.1) is 0 Å². The average Bonchev–Trinajstić information content (AvgIpc) is 2.84. The number of hydrogen-bond donors (Lipinski definition) is 2. The molecule has 0 spiro atoms. The number of aryl methyl sites for hydroxylation is 2. The summed E-state index contributed by atoms with van der Waals surface area (Å²) in [4.78, 5) is 0. The minimum Gasteiger partial charge on any atom is -0.396 e. The van der Waals surface area contributed by atoms with E-state index in [2.05, 4.69) is 10.4 Å². The van der Waals surface area contributed by atoms with Gasteiger partial charge in [0, 0.05) is 31.8 Å². The van der Waals surface area contributed by atoms with Crippen molar-refractivity contribution in [3.63, 3.8) is 0 Å². The summed E-state index contributed by atoms with van der Waals surface area (Å²) in [6.45, 7) is 2.98. The number of nitrogens with one attached hydrogen (secondary N) is 1. The van der Waals surface area contributed by atoms with Crippen LogP contribution in [0.25, 0.3) is 0 Å². The van der Waals surface area contributed by atoms with Crippen LogP contribution < -0.4 is 5.32 Å². The molecule has 1 aliphatic carbocycles. The molecule has 1 aromatic heterocycles. The second-order valence-electron chi connectivity index (χ2n) is 4.84. The smallest absolute Gasteiger partial charge is 0.131 e. The van der Waals surface area contributed by atoms with Gasteiger partial charge in [0.15, 0.2) is 0 Å². The predicted octanol–water partition coefficient (Wildman–Crippen LogP) is 1.63. The number of rotatable bonds is 4. The van der Waals surface area contributed by atoms with E-state index in [9.17, 15) is 5.11 Å². The summed E-state index contributed by atoms with van der Waals surface area (Å²) in [6, 6.07) is 0.413. The van der Waals surface area contributed by atoms with Gasteiger partial charge in [0.25, 0.3) is 0 Å². The topological polar surface area (TPSA) is 50.1 Å². The van der Waals surface area contributed by atoms with Crippen LogP contribution in [0, 0.1) is 12.8 Å². The molecule has 0 aliphatic heterocycles. The van der Waals surface area contributed by atoms with Crippen LogP contribution in [-0.2, 0) is 13.6 Å². The van der Waals surface area contributed by atoms with Crippen molar-refractivity contribution in [1.29, 1.82) is 0 Å². The highest BCUT2D eigenvalue weighted by molar-refractivity contribution is 6.30. The van der Waals surface area contributed by atoms with Gasteiger partial charge in [0.05, 0.1) is 5.69 Å². The molecule has 0 radical (unpaired) electrons. The van der Waals surface area contributed by atoms with E-state index in [1.165, 1.54) is 6.42 Å². The first-order valence-corrected chi connectivity index (χ1v) is 6.53. The molecule has 96 valence electrons. The molecular weight excluding hydrogens is 238 g/mol. The van der Waals surface area contributed by atoms with Crippen LogP contribution in [0.1, 0.15) is 30.5 Å². The molecule has 2 rings (SSSR count). The van der Waals surface area contributed by atoms with Gasteiger partial charge in [-0.2, -0.15) is 5.10 Å². The molecule has 1 saturated carbocycles. The summed E-state index contributed by atoms with van der Waals surface area (Å²) >= 11 is 6.18. The zero-order chi connectivity index (χ0) is 12.4. The first kappa shape index (κ1) is 12.9. The van der Waals surface area contributed by atoms with Crippen LogP contribution in [0.2, 0.25) is 5.15 Å². The molecule has 0 bridgehead atoms. The summed E-state index contributed by atoms with van der Waals surface area (Å²) in [5, 5.41) is 17.8. The third-order valence-electron chi connectivity index (χ3n) is 3.70. The van der Waals surface area contributed by atoms with E-state index < -0.39 is 0 Å². The maximum absolute atomic E-state index is 9.26. The summed E-state index contributed by atoms with van der Waals surface area (Å²) in [5.41, 5.74) is 2.04. The van der Waals surface area contributed by atoms with E-state index in [0.717, 1.165) is 30.6 Å². The van der Waals surface area contributed by atoms with E-state index >= 15 is 0 Å². The van der Waals surface area contributed by atoms with Gasteiger partial charge in [0.2, 0.25) is 0 Å². The Morgan fingerprint density at radius 2 is 2.29 bits per heavy atom. The molecule has 17 heavy (non-hydrogen) atoms. The van der Waals surface area contributed by atoms with E-state index in [1.807, 2.05) is 14.0 Å². The fourth-order valence-corrected chi connectivity index (χ4v) is 2.87. The first-order chi connectivity index (χ1) is 8.13. The standard InChI is InChI=1S/C12H20ClN3O/c1-8-10(12(13)16(2)15-8)6-14-11-5-3-4-9(11)7-17/h9,11,14,17H,3-7H2,1-2H3. The Kier molecular flexibility index (Phi) is 4.07. The van der Waals surface area contributed by atoms with Gasteiger partial charge in [-0.1, -0.05) is 18.0 Å². The van der Waals surface area contributed by atoms with Gasteiger partial charge in [0.1, 0.15) is 5.15 Å². The lowest BCUT2D eigenvalue weighted by Crippen LogP contribution is -2.33. The second kappa shape index (κ2) is 5.38. The molecule has 2 unspecified atom stereocenters. The van der Waals surface area contributed by atoms with E-state index in [1.54, 1.807) is 4.68 Å². The van der Waals surface area contributed by atoms with Crippen LogP contribution >= 0.6 is 11.6 Å². The monoisotopic (exact) mass is 257 g/mol. The van der Waals surface area contributed by atoms with Gasteiger partial charge in [-0.25, -0.2) is 0 Å². The van der Waals surface area contributed by atoms with E-state index in [0.29, 0.717) is 17.1 Å². The molecule has 5 heteroatoms. The maximum atomic E-state index is 9.26. The molecule has 0 aromatic carbocycles. The Bertz CT molecular complexity index is 391. The largest absolute Gasteiger partial charge is 0.396 e. The molecule has 1 heterocycles. The fourth-order valence-electron chi connectivity index (χ4n) is 2.63. The third kappa shape index (κ3) is 2.64. The SMILES string of the molecule is Cc1nn(C)c(Cl)c1CNC1CCCC1CO. The quantitative estimate of drug-likeness (QED) is 0.862. The molecule has 0 saturated heterocycles. The van der Waals surface area contributed by atoms with Crippen molar-refractivity contribution < 1.29 is 5.11 Å². The number of aromatic nitrogens is 2. The van der Waals surface area contributed by atoms with Crippen LogP contribution in [-0.4, -0.2) is 27.5 Å². The molecule has 0 amide bonds. The van der Waals surface area contributed by atoms with E-state index in [-0.39, 0.29) is 6.61 Å². The number of aliphatic hydroxyl groups excluding tert-OH is 1. The average molecular weight is 258 g/mol. The van der Waals surface area contributed by atoms with Crippen LogP contribution in [0.15, 0.2) is 0 Å². The van der Waals surface area contributed by atoms with Crippen molar-refractivity contribution in [3.05, 3.63) is 16.4 Å². The second-order valence-corrected chi connectivity index (χ2v) is 5.20. The Hall–Kier alpha value is -0.580. The van der Waals surface area contributed by atoms with Crippen LogP contribution in [0.5, 0.6) is 0 Å². The maximum Gasteiger partial charge on any atom is 0.131 e. The third-order valence-corrected chi connectivity index (χ3v) is 4.18. The van der Waals surface area contributed by atoms with Crippen LogP contribution in [0.4, 0.5) is 0 Å². The lowest BCUT2D eigenvalue weighted by Gasteiger charge is -2.18. The van der Waals surface area contributed by atoms with Crippen LogP contribution in [0.3, 0.4) is 0 Å². The van der Waals surface area contributed by atoms with Gasteiger partial charge in [-0.05, 0) is 25.7 Å². The van der Waals surface area contributed by atoms with E-state index in [4.69, 9.17) is 11.6 Å². The molecule has 2 N–H and O–H groups in total. The highest BCUT2D eigenvalue weighted by Gasteiger charge is 2.26. The van der Waals surface area contributed by atoms with Crippen molar-refractivity contribution >= 4 is 11.6 Å². The lowest BCUT2D eigenvalue weighted by atomic mass is 10.0. The number of aliphatic hydroxyl groups is 1. The molecule has 4 nitrogen and oxygen atoms in total. The molecular formula is C12H20ClN3O. The molecule has 1 fully saturated rings. The minimum atomic E-state index is 0.275. The Labute approximate surface area is 107 Å². The molecule has 2 atom stereocenters. The summed E-state index contributed by atoms with van der Waals surface area (Å²) in [6.07, 6.45) is 3.46. The highest BCUT2D eigenvalue weighted by Crippen LogP contribution is 2.26. The Morgan fingerprint density at radius 1 is 1.53 bits per heavy atom. The van der Waals surface area contributed by atoms with Crippen molar-refractivity contribution in [2.45, 2.75) is 38.8 Å². The predicted molar refractivity (Wildman–Crippen MR) is 68.0 cm³/mol. The Balaban J connectivity index is 1.97.